The van der Waals surface area contributed by atoms with Gasteiger partial charge in [-0.15, -0.1) is 21.5 Å². The van der Waals surface area contributed by atoms with Crippen LogP contribution in [0.4, 0.5) is 5.82 Å². The van der Waals surface area contributed by atoms with Gasteiger partial charge in [-0.25, -0.2) is 0 Å². The fourth-order valence-electron chi connectivity index (χ4n) is 2.84. The van der Waals surface area contributed by atoms with E-state index in [9.17, 15) is 4.79 Å². The topological polar surface area (TPSA) is 80.9 Å². The van der Waals surface area contributed by atoms with Gasteiger partial charge < -0.3 is 11.1 Å². The molecule has 1 aliphatic heterocycles. The third-order valence-electron chi connectivity index (χ3n) is 4.07. The first-order valence-electron chi connectivity index (χ1n) is 7.82. The number of fused-ring (bicyclic) bond motifs is 1. The molecule has 0 aliphatic carbocycles. The molecule has 1 amide bonds. The monoisotopic (exact) mass is 434 g/mol. The second-order valence-corrected chi connectivity index (χ2v) is 8.95. The van der Waals surface area contributed by atoms with E-state index in [0.717, 1.165) is 48.7 Å². The summed E-state index contributed by atoms with van der Waals surface area (Å²) in [4.78, 5) is 12.8. The van der Waals surface area contributed by atoms with Gasteiger partial charge in [0.2, 0.25) is 0 Å². The molecule has 1 aromatic carbocycles. The molecule has 25 heavy (non-hydrogen) atoms. The second-order valence-electron chi connectivity index (χ2n) is 5.83. The van der Waals surface area contributed by atoms with E-state index in [4.69, 9.17) is 5.73 Å². The second kappa shape index (κ2) is 6.93. The highest BCUT2D eigenvalue weighted by atomic mass is 79.9. The maximum Gasteiger partial charge on any atom is 0.270 e. The highest BCUT2D eigenvalue weighted by Gasteiger charge is 2.21. The molecule has 128 valence electrons. The lowest BCUT2D eigenvalue weighted by atomic mass is 10.1. The number of carbonyl (C=O) groups excluding carboxylic acids is 1. The van der Waals surface area contributed by atoms with Crippen molar-refractivity contribution in [2.24, 2.45) is 5.73 Å². The Bertz CT molecular complexity index is 953. The van der Waals surface area contributed by atoms with E-state index < -0.39 is 5.91 Å². The van der Waals surface area contributed by atoms with Crippen LogP contribution >= 0.6 is 39.0 Å². The summed E-state index contributed by atoms with van der Waals surface area (Å²) in [6.45, 7) is 0. The van der Waals surface area contributed by atoms with Crippen molar-refractivity contribution in [3.63, 3.8) is 0 Å². The van der Waals surface area contributed by atoms with E-state index in [1.807, 2.05) is 30.0 Å². The summed E-state index contributed by atoms with van der Waals surface area (Å²) in [5.41, 5.74) is 6.81. The molecule has 5 nitrogen and oxygen atoms in total. The molecule has 1 unspecified atom stereocenters. The molecule has 0 bridgehead atoms. The first-order valence-corrected chi connectivity index (χ1v) is 10.6. The smallest absolute Gasteiger partial charge is 0.270 e. The van der Waals surface area contributed by atoms with Crippen LogP contribution in [0.5, 0.6) is 0 Å². The molecule has 1 atom stereocenters. The maximum atomic E-state index is 11.8. The quantitative estimate of drug-likeness (QED) is 0.644. The number of nitrogens with one attached hydrogen (secondary N) is 1. The van der Waals surface area contributed by atoms with Crippen LogP contribution < -0.4 is 11.1 Å². The van der Waals surface area contributed by atoms with Crippen LogP contribution in [0.1, 0.15) is 16.9 Å². The minimum absolute atomic E-state index is 0.229. The summed E-state index contributed by atoms with van der Waals surface area (Å²) in [6.07, 6.45) is 1.11. The number of thioether (sulfide) groups is 1. The number of thiophene rings is 1. The van der Waals surface area contributed by atoms with Crippen LogP contribution in [0.15, 0.2) is 34.8 Å². The Kier molecular flexibility index (Phi) is 4.66. The minimum atomic E-state index is -0.553. The average molecular weight is 435 g/mol. The molecule has 1 fully saturated rings. The summed E-state index contributed by atoms with van der Waals surface area (Å²) in [5, 5.41) is 12.7. The molecule has 3 heterocycles. The normalized spacial score (nSPS) is 17.1. The number of primary amides is 1. The van der Waals surface area contributed by atoms with E-state index in [2.05, 4.69) is 43.6 Å². The number of halogens is 1. The van der Waals surface area contributed by atoms with Crippen molar-refractivity contribution in [3.05, 3.63) is 40.5 Å². The Morgan fingerprint density at radius 1 is 1.32 bits per heavy atom. The maximum absolute atomic E-state index is 11.8. The number of amides is 1. The van der Waals surface area contributed by atoms with Crippen LogP contribution in [0, 0.1) is 0 Å². The summed E-state index contributed by atoms with van der Waals surface area (Å²) in [5.74, 6) is 2.39. The molecule has 1 saturated heterocycles. The van der Waals surface area contributed by atoms with Crippen molar-refractivity contribution in [2.45, 2.75) is 12.5 Å². The van der Waals surface area contributed by atoms with E-state index in [1.54, 1.807) is 0 Å². The van der Waals surface area contributed by atoms with Gasteiger partial charge in [-0.3, -0.25) is 4.79 Å². The number of nitrogens with two attached hydrogens (primary N) is 1. The summed E-state index contributed by atoms with van der Waals surface area (Å²) < 4.78 is 1.79. The molecule has 3 aromatic rings. The first kappa shape index (κ1) is 16.8. The Labute approximate surface area is 161 Å². The van der Waals surface area contributed by atoms with Gasteiger partial charge in [0.15, 0.2) is 11.5 Å². The predicted octanol–water partition coefficient (Wildman–Crippen LogP) is 4.14. The lowest BCUT2D eigenvalue weighted by molar-refractivity contribution is 0.0996. The fraction of sp³-hybridized carbons (Fsp3) is 0.235. The molecule has 0 saturated carbocycles. The number of carbonyl (C=O) groups is 1. The Morgan fingerprint density at radius 2 is 2.20 bits per heavy atom. The lowest BCUT2D eigenvalue weighted by Crippen LogP contribution is -2.20. The van der Waals surface area contributed by atoms with Gasteiger partial charge in [0, 0.05) is 26.5 Å². The molecule has 8 heteroatoms. The summed E-state index contributed by atoms with van der Waals surface area (Å²) >= 11 is 6.95. The van der Waals surface area contributed by atoms with E-state index in [1.165, 1.54) is 11.3 Å². The standard InChI is InChI=1S/C17H15BrN4OS2/c18-10-3-1-2-9(6-10)13-7-12-15(25-13)14(16(19)23)21-22-17(12)20-11-4-5-24-8-11/h1-3,6-7,11H,4-5,8H2,(H2,19,23)(H,20,22). The molecule has 0 radical (unpaired) electrons. The molecule has 3 N–H and O–H groups in total. The molecular weight excluding hydrogens is 420 g/mol. The van der Waals surface area contributed by atoms with Crippen LogP contribution in [-0.4, -0.2) is 33.7 Å². The van der Waals surface area contributed by atoms with Gasteiger partial charge >= 0.3 is 0 Å². The third kappa shape index (κ3) is 3.38. The van der Waals surface area contributed by atoms with E-state index in [0.29, 0.717) is 6.04 Å². The molecule has 0 spiro atoms. The number of hydrogen-bond donors (Lipinski definition) is 2. The Morgan fingerprint density at radius 3 is 2.92 bits per heavy atom. The summed E-state index contributed by atoms with van der Waals surface area (Å²) in [6, 6.07) is 10.5. The van der Waals surface area contributed by atoms with Crippen LogP contribution in [0.2, 0.25) is 0 Å². The number of hydrogen-bond acceptors (Lipinski definition) is 6. The number of rotatable bonds is 4. The van der Waals surface area contributed by atoms with Crippen molar-refractivity contribution in [1.82, 2.24) is 10.2 Å². The van der Waals surface area contributed by atoms with E-state index in [-0.39, 0.29) is 5.69 Å². The van der Waals surface area contributed by atoms with Crippen molar-refractivity contribution < 1.29 is 4.79 Å². The van der Waals surface area contributed by atoms with Crippen molar-refractivity contribution >= 4 is 60.8 Å². The van der Waals surface area contributed by atoms with Gasteiger partial charge in [0.25, 0.3) is 5.91 Å². The van der Waals surface area contributed by atoms with Crippen molar-refractivity contribution in [2.75, 3.05) is 16.8 Å². The van der Waals surface area contributed by atoms with Crippen molar-refractivity contribution in [3.8, 4) is 10.4 Å². The zero-order chi connectivity index (χ0) is 17.4. The third-order valence-corrected chi connectivity index (χ3v) is 6.91. The number of nitrogens with zero attached hydrogens (tertiary/aromatic N) is 2. The number of benzene rings is 1. The van der Waals surface area contributed by atoms with Crippen LogP contribution in [-0.2, 0) is 0 Å². The van der Waals surface area contributed by atoms with Gasteiger partial charge in [-0.05, 0) is 35.9 Å². The fourth-order valence-corrected chi connectivity index (χ4v) is 5.53. The molecule has 4 rings (SSSR count). The highest BCUT2D eigenvalue weighted by molar-refractivity contribution is 9.10. The van der Waals surface area contributed by atoms with Crippen LogP contribution in [0.25, 0.3) is 20.5 Å². The van der Waals surface area contributed by atoms with Crippen molar-refractivity contribution in [1.29, 1.82) is 0 Å². The molecule has 2 aromatic heterocycles. The number of aromatic nitrogens is 2. The minimum Gasteiger partial charge on any atom is -0.364 e. The van der Waals surface area contributed by atoms with Gasteiger partial charge in [0.1, 0.15) is 0 Å². The zero-order valence-electron chi connectivity index (χ0n) is 13.2. The SMILES string of the molecule is NC(=O)c1nnc(NC2CCSC2)c2cc(-c3cccc(Br)c3)sc12. The first-order chi connectivity index (χ1) is 12.1. The lowest BCUT2D eigenvalue weighted by Gasteiger charge is -2.12. The molecular formula is C17H15BrN4OS2. The van der Waals surface area contributed by atoms with Crippen LogP contribution in [0.3, 0.4) is 0 Å². The average Bonchev–Trinajstić information content (AvgIpc) is 3.24. The zero-order valence-corrected chi connectivity index (χ0v) is 16.4. The highest BCUT2D eigenvalue weighted by Crippen LogP contribution is 2.38. The van der Waals surface area contributed by atoms with Gasteiger partial charge in [0.05, 0.1) is 4.70 Å². The van der Waals surface area contributed by atoms with E-state index >= 15 is 0 Å². The Balaban J connectivity index is 1.84. The predicted molar refractivity (Wildman–Crippen MR) is 108 cm³/mol. The Hall–Kier alpha value is -1.64. The largest absolute Gasteiger partial charge is 0.364 e. The molecule has 1 aliphatic rings. The summed E-state index contributed by atoms with van der Waals surface area (Å²) in [7, 11) is 0. The van der Waals surface area contributed by atoms with Gasteiger partial charge in [-0.1, -0.05) is 28.1 Å². The van der Waals surface area contributed by atoms with Gasteiger partial charge in [-0.2, -0.15) is 11.8 Å². The number of anilines is 1.